The molecule has 0 aliphatic carbocycles. The number of hydrogen-bond acceptors (Lipinski definition) is 2. The monoisotopic (exact) mass is 459 g/mol. The highest BCUT2D eigenvalue weighted by molar-refractivity contribution is 6.00. The molecule has 182 valence electrons. The van der Waals surface area contributed by atoms with Gasteiger partial charge in [0.2, 0.25) is 0 Å². The number of nitrogens with one attached hydrogen (secondary N) is 1. The lowest BCUT2D eigenvalue weighted by molar-refractivity contribution is 0.174. The number of amides is 1. The summed E-state index contributed by atoms with van der Waals surface area (Å²) in [5.41, 5.74) is 6.31. The molecule has 3 nitrogen and oxygen atoms in total. The minimum Gasteiger partial charge on any atom is -0.445 e. The molecule has 1 N–H and O–H groups in total. The quantitative estimate of drug-likeness (QED) is 0.321. The van der Waals surface area contributed by atoms with Gasteiger partial charge in [0.1, 0.15) is 6.61 Å². The Kier molecular flexibility index (Phi) is 12.0. The van der Waals surface area contributed by atoms with Gasteiger partial charge >= 0.3 is 6.09 Å². The Bertz CT molecular complexity index is 1050. The van der Waals surface area contributed by atoms with Crippen molar-refractivity contribution < 1.29 is 9.53 Å². The maximum absolute atomic E-state index is 12.2. The van der Waals surface area contributed by atoms with Gasteiger partial charge in [0.25, 0.3) is 0 Å². The average molecular weight is 460 g/mol. The first-order chi connectivity index (χ1) is 16.3. The van der Waals surface area contributed by atoms with E-state index < -0.39 is 6.09 Å². The van der Waals surface area contributed by atoms with Gasteiger partial charge in [0.05, 0.1) is 5.69 Å². The number of rotatable bonds is 12. The Morgan fingerprint density at radius 3 is 1.94 bits per heavy atom. The highest BCUT2D eigenvalue weighted by Gasteiger charge is 2.05. The summed E-state index contributed by atoms with van der Waals surface area (Å²) in [5, 5.41) is 4.95. The molecule has 0 unspecified atom stereocenters. The van der Waals surface area contributed by atoms with Crippen LogP contribution in [-0.2, 0) is 4.74 Å². The van der Waals surface area contributed by atoms with Crippen LogP contribution in [-0.4, -0.2) is 12.7 Å². The van der Waals surface area contributed by atoms with E-state index in [2.05, 4.69) is 58.2 Å². The summed E-state index contributed by atoms with van der Waals surface area (Å²) in [5.74, 6) is 0. The van der Waals surface area contributed by atoms with Crippen molar-refractivity contribution in [3.8, 4) is 0 Å². The zero-order chi connectivity index (χ0) is 24.8. The summed E-state index contributed by atoms with van der Waals surface area (Å²) >= 11 is 0. The summed E-state index contributed by atoms with van der Waals surface area (Å²) in [4.78, 5) is 12.2. The molecular weight excluding hydrogens is 418 g/mol. The van der Waals surface area contributed by atoms with Gasteiger partial charge in [-0.3, -0.25) is 5.32 Å². The summed E-state index contributed by atoms with van der Waals surface area (Å²) in [7, 11) is 0. The van der Waals surface area contributed by atoms with E-state index in [1.165, 1.54) is 22.3 Å². The van der Waals surface area contributed by atoms with Crippen molar-refractivity contribution in [2.75, 3.05) is 11.9 Å². The molecule has 0 heterocycles. The van der Waals surface area contributed by atoms with Crippen LogP contribution in [0.2, 0.25) is 0 Å². The van der Waals surface area contributed by atoms with Gasteiger partial charge in [-0.2, -0.15) is 0 Å². The van der Waals surface area contributed by atoms with Gasteiger partial charge in [-0.05, 0) is 90.7 Å². The number of hydrogen-bond donors (Lipinski definition) is 1. The van der Waals surface area contributed by atoms with E-state index in [0.717, 1.165) is 55.0 Å². The summed E-state index contributed by atoms with van der Waals surface area (Å²) in [6.07, 6.45) is 15.1. The van der Waals surface area contributed by atoms with E-state index in [1.54, 1.807) is 0 Å². The highest BCUT2D eigenvalue weighted by Crippen LogP contribution is 2.23. The van der Waals surface area contributed by atoms with Crippen LogP contribution < -0.4 is 5.32 Å². The van der Waals surface area contributed by atoms with Crippen molar-refractivity contribution in [2.24, 2.45) is 0 Å². The number of carbonyl (C=O) groups excluding carboxylic acids is 1. The van der Waals surface area contributed by atoms with Gasteiger partial charge in [-0.1, -0.05) is 76.9 Å². The number of allylic oxidation sites excluding steroid dienone is 7. The van der Waals surface area contributed by atoms with Crippen LogP contribution in [0.15, 0.2) is 89.1 Å². The number of anilines is 1. The van der Waals surface area contributed by atoms with E-state index in [0.29, 0.717) is 0 Å². The molecule has 0 aliphatic heterocycles. The van der Waals surface area contributed by atoms with Gasteiger partial charge in [-0.25, -0.2) is 4.79 Å². The first-order valence-electron chi connectivity index (χ1n) is 12.4. The molecule has 0 aliphatic rings. The molecule has 0 bridgehead atoms. The minimum atomic E-state index is -0.430. The Morgan fingerprint density at radius 1 is 0.735 bits per heavy atom. The fraction of sp³-hybridized carbons (Fsp3) is 0.387. The highest BCUT2D eigenvalue weighted by atomic mass is 16.5. The molecule has 0 atom stereocenters. The molecule has 0 fully saturated rings. The van der Waals surface area contributed by atoms with E-state index in [-0.39, 0.29) is 6.61 Å². The molecule has 0 radical (unpaired) electrons. The molecule has 0 spiro atoms. The van der Waals surface area contributed by atoms with Crippen LogP contribution in [0.3, 0.4) is 0 Å². The zero-order valence-corrected chi connectivity index (χ0v) is 21.6. The summed E-state index contributed by atoms with van der Waals surface area (Å²) in [6, 6.07) is 13.8. The molecule has 2 aromatic carbocycles. The second-order valence-electron chi connectivity index (χ2n) is 9.30. The SMILES string of the molecule is CC(C)=CCCC(C)=CCCC(C)=CCCC(C)=CCOC(=O)Nc1cccc2ccccc12. The first-order valence-corrected chi connectivity index (χ1v) is 12.4. The molecule has 0 saturated carbocycles. The lowest BCUT2D eigenvalue weighted by Crippen LogP contribution is -2.14. The van der Waals surface area contributed by atoms with E-state index in [9.17, 15) is 4.79 Å². The standard InChI is InChI=1S/C31H41NO2/c1-24(2)12-8-13-25(3)14-9-15-26(4)16-10-17-27(5)22-23-34-31(33)32-30-21-11-19-28-18-6-7-20-29(28)30/h6-7,11-12,14,16,18-22H,8-10,13,15,17,23H2,1-5H3,(H,32,33). The number of ether oxygens (including phenoxy) is 1. The smallest absolute Gasteiger partial charge is 0.411 e. The molecule has 0 saturated heterocycles. The first kappa shape index (κ1) is 27.2. The maximum Gasteiger partial charge on any atom is 0.411 e. The minimum absolute atomic E-state index is 0.280. The van der Waals surface area contributed by atoms with Crippen LogP contribution in [0, 0.1) is 0 Å². The number of carbonyl (C=O) groups is 1. The molecule has 1 amide bonds. The maximum atomic E-state index is 12.2. The number of benzene rings is 2. The molecule has 34 heavy (non-hydrogen) atoms. The number of fused-ring (bicyclic) bond motifs is 1. The Labute approximate surface area is 206 Å². The predicted octanol–water partition coefficient (Wildman–Crippen LogP) is 9.53. The second-order valence-corrected chi connectivity index (χ2v) is 9.30. The molecule has 3 heteroatoms. The molecule has 0 aromatic heterocycles. The molecule has 2 aromatic rings. The third kappa shape index (κ3) is 10.7. The molecular formula is C31H41NO2. The Hall–Kier alpha value is -3.07. The van der Waals surface area contributed by atoms with Crippen molar-refractivity contribution >= 4 is 22.6 Å². The third-order valence-electron chi connectivity index (χ3n) is 5.83. The predicted molar refractivity (Wildman–Crippen MR) is 147 cm³/mol. The summed E-state index contributed by atoms with van der Waals surface area (Å²) < 4.78 is 5.36. The van der Waals surface area contributed by atoms with Crippen molar-refractivity contribution in [1.29, 1.82) is 0 Å². The Balaban J connectivity index is 1.67. The van der Waals surface area contributed by atoms with Gasteiger partial charge < -0.3 is 4.74 Å². The fourth-order valence-corrected chi connectivity index (χ4v) is 3.73. The van der Waals surface area contributed by atoms with Gasteiger partial charge in [0, 0.05) is 5.39 Å². The largest absolute Gasteiger partial charge is 0.445 e. The van der Waals surface area contributed by atoms with Gasteiger partial charge in [0.15, 0.2) is 0 Å². The van der Waals surface area contributed by atoms with Crippen molar-refractivity contribution in [1.82, 2.24) is 0 Å². The lowest BCUT2D eigenvalue weighted by atomic mass is 10.0. The summed E-state index contributed by atoms with van der Waals surface area (Å²) in [6.45, 7) is 11.1. The van der Waals surface area contributed by atoms with Crippen LogP contribution in [0.5, 0.6) is 0 Å². The van der Waals surface area contributed by atoms with Crippen molar-refractivity contribution in [3.05, 3.63) is 89.1 Å². The van der Waals surface area contributed by atoms with Crippen molar-refractivity contribution in [2.45, 2.75) is 73.1 Å². The van der Waals surface area contributed by atoms with Crippen LogP contribution in [0.25, 0.3) is 10.8 Å². The van der Waals surface area contributed by atoms with Crippen molar-refractivity contribution in [3.63, 3.8) is 0 Å². The fourth-order valence-electron chi connectivity index (χ4n) is 3.73. The average Bonchev–Trinajstić information content (AvgIpc) is 2.79. The molecule has 2 rings (SSSR count). The van der Waals surface area contributed by atoms with Crippen LogP contribution in [0.1, 0.15) is 73.1 Å². The second kappa shape index (κ2) is 15.0. The topological polar surface area (TPSA) is 38.3 Å². The van der Waals surface area contributed by atoms with Crippen LogP contribution >= 0.6 is 0 Å². The third-order valence-corrected chi connectivity index (χ3v) is 5.83. The lowest BCUT2D eigenvalue weighted by Gasteiger charge is -2.09. The Morgan fingerprint density at radius 2 is 1.29 bits per heavy atom. The van der Waals surface area contributed by atoms with E-state index in [4.69, 9.17) is 4.74 Å². The normalized spacial score (nSPS) is 12.6. The van der Waals surface area contributed by atoms with E-state index in [1.807, 2.05) is 48.5 Å². The van der Waals surface area contributed by atoms with Crippen LogP contribution in [0.4, 0.5) is 10.5 Å². The van der Waals surface area contributed by atoms with Gasteiger partial charge in [-0.15, -0.1) is 0 Å². The zero-order valence-electron chi connectivity index (χ0n) is 21.6. The van der Waals surface area contributed by atoms with E-state index >= 15 is 0 Å².